The van der Waals surface area contributed by atoms with Crippen LogP contribution >= 0.6 is 0 Å². The minimum atomic E-state index is -0.960. The zero-order valence-corrected chi connectivity index (χ0v) is 13.2. The first-order valence-electron chi connectivity index (χ1n) is 8.40. The number of carbonyl (C=O) groups is 1. The quantitative estimate of drug-likeness (QED) is 0.668. The van der Waals surface area contributed by atoms with Gasteiger partial charge in [0.05, 0.1) is 34.1 Å². The first-order valence-corrected chi connectivity index (χ1v) is 8.40. The standard InChI is InChI=1S/C18H16N2O5/c21-17-15-13-7-8-14(25-13)16(15)18(22)19(17)11-5-6-12(20(23)24)10-4-2-1-3-9(10)11/h1-6,13-17,21H,7-8H2/t13?,14?,15-,16+,17?/m1/s1. The summed E-state index contributed by atoms with van der Waals surface area (Å²) in [5, 5.41) is 23.2. The molecule has 2 aromatic carbocycles. The summed E-state index contributed by atoms with van der Waals surface area (Å²) in [6, 6.07) is 9.87. The van der Waals surface area contributed by atoms with Crippen LogP contribution in [0.15, 0.2) is 36.4 Å². The lowest BCUT2D eigenvalue weighted by molar-refractivity contribution is -0.383. The molecule has 128 valence electrons. The van der Waals surface area contributed by atoms with Crippen LogP contribution in [-0.2, 0) is 9.53 Å². The molecule has 2 bridgehead atoms. The number of aliphatic hydroxyl groups excluding tert-OH is 1. The van der Waals surface area contributed by atoms with Crippen molar-refractivity contribution in [2.24, 2.45) is 11.8 Å². The largest absolute Gasteiger partial charge is 0.374 e. The predicted molar refractivity (Wildman–Crippen MR) is 89.0 cm³/mol. The third kappa shape index (κ3) is 1.85. The van der Waals surface area contributed by atoms with Gasteiger partial charge in [-0.2, -0.15) is 0 Å². The highest BCUT2D eigenvalue weighted by Crippen LogP contribution is 2.52. The molecule has 3 saturated heterocycles. The number of ether oxygens (including phenoxy) is 1. The molecule has 3 aliphatic heterocycles. The van der Waals surface area contributed by atoms with Crippen molar-refractivity contribution >= 4 is 28.1 Å². The van der Waals surface area contributed by atoms with Gasteiger partial charge in [-0.3, -0.25) is 19.8 Å². The molecule has 0 spiro atoms. The van der Waals surface area contributed by atoms with Gasteiger partial charge < -0.3 is 9.84 Å². The maximum atomic E-state index is 13.0. The summed E-state index contributed by atoms with van der Waals surface area (Å²) in [5.74, 6) is -0.688. The normalized spacial score (nSPS) is 33.2. The molecule has 3 heterocycles. The molecule has 0 saturated carbocycles. The molecule has 7 heteroatoms. The van der Waals surface area contributed by atoms with Crippen molar-refractivity contribution in [3.05, 3.63) is 46.5 Å². The van der Waals surface area contributed by atoms with Crippen LogP contribution in [-0.4, -0.2) is 34.4 Å². The number of aliphatic hydroxyl groups is 1. The molecule has 1 amide bonds. The molecule has 0 aromatic heterocycles. The van der Waals surface area contributed by atoms with Crippen molar-refractivity contribution < 1.29 is 19.6 Å². The van der Waals surface area contributed by atoms with Crippen LogP contribution in [0.2, 0.25) is 0 Å². The van der Waals surface area contributed by atoms with Crippen LogP contribution in [0.1, 0.15) is 12.8 Å². The van der Waals surface area contributed by atoms with E-state index in [2.05, 4.69) is 0 Å². The number of hydrogen-bond acceptors (Lipinski definition) is 5. The minimum absolute atomic E-state index is 0.0101. The highest BCUT2D eigenvalue weighted by atomic mass is 16.6. The summed E-state index contributed by atoms with van der Waals surface area (Å²) < 4.78 is 5.81. The molecular formula is C18H16N2O5. The van der Waals surface area contributed by atoms with Crippen LogP contribution in [0.25, 0.3) is 10.8 Å². The summed E-state index contributed by atoms with van der Waals surface area (Å²) in [6.45, 7) is 0. The molecule has 7 nitrogen and oxygen atoms in total. The lowest BCUT2D eigenvalue weighted by Crippen LogP contribution is -2.38. The van der Waals surface area contributed by atoms with E-state index >= 15 is 0 Å². The van der Waals surface area contributed by atoms with Gasteiger partial charge in [-0.15, -0.1) is 0 Å². The maximum Gasteiger partial charge on any atom is 0.277 e. The Morgan fingerprint density at radius 1 is 1.12 bits per heavy atom. The van der Waals surface area contributed by atoms with Gasteiger partial charge in [0.2, 0.25) is 5.91 Å². The Morgan fingerprint density at radius 3 is 2.56 bits per heavy atom. The van der Waals surface area contributed by atoms with Gasteiger partial charge in [0.1, 0.15) is 6.23 Å². The van der Waals surface area contributed by atoms with Crippen molar-refractivity contribution in [2.75, 3.05) is 4.90 Å². The Balaban J connectivity index is 1.66. The van der Waals surface area contributed by atoms with E-state index in [0.29, 0.717) is 16.5 Å². The van der Waals surface area contributed by atoms with E-state index in [1.54, 1.807) is 30.3 Å². The van der Waals surface area contributed by atoms with E-state index < -0.39 is 11.2 Å². The molecule has 3 unspecified atom stereocenters. The molecule has 2 aromatic rings. The second kappa shape index (κ2) is 5.00. The Hall–Kier alpha value is -2.51. The molecule has 5 rings (SSSR count). The highest BCUT2D eigenvalue weighted by Gasteiger charge is 2.62. The molecule has 5 atom stereocenters. The fraction of sp³-hybridized carbons (Fsp3) is 0.389. The van der Waals surface area contributed by atoms with E-state index in [1.165, 1.54) is 11.0 Å². The number of carbonyl (C=O) groups excluding carboxylic acids is 1. The van der Waals surface area contributed by atoms with Gasteiger partial charge in [-0.05, 0) is 25.0 Å². The third-order valence-electron chi connectivity index (χ3n) is 5.80. The van der Waals surface area contributed by atoms with Crippen molar-refractivity contribution in [1.29, 1.82) is 0 Å². The van der Waals surface area contributed by atoms with Crippen molar-refractivity contribution in [3.8, 4) is 0 Å². The number of hydrogen-bond donors (Lipinski definition) is 1. The van der Waals surface area contributed by atoms with Crippen LogP contribution in [0.3, 0.4) is 0 Å². The van der Waals surface area contributed by atoms with Gasteiger partial charge in [-0.25, -0.2) is 0 Å². The molecule has 3 fully saturated rings. The fourth-order valence-corrected chi connectivity index (χ4v) is 4.78. The first kappa shape index (κ1) is 14.8. The topological polar surface area (TPSA) is 92.9 Å². The summed E-state index contributed by atoms with van der Waals surface area (Å²) in [4.78, 5) is 25.3. The smallest absolute Gasteiger partial charge is 0.277 e. The molecular weight excluding hydrogens is 324 g/mol. The summed E-state index contributed by atoms with van der Waals surface area (Å²) >= 11 is 0. The number of rotatable bonds is 2. The molecule has 25 heavy (non-hydrogen) atoms. The number of benzene rings is 2. The molecule has 1 N–H and O–H groups in total. The zero-order valence-electron chi connectivity index (χ0n) is 13.2. The number of nitro groups is 1. The van der Waals surface area contributed by atoms with E-state index in [1.807, 2.05) is 0 Å². The van der Waals surface area contributed by atoms with Gasteiger partial charge in [0.25, 0.3) is 5.69 Å². The first-order chi connectivity index (χ1) is 12.1. The number of non-ortho nitro benzene ring substituents is 1. The number of nitrogens with zero attached hydrogens (tertiary/aromatic N) is 2. The molecule has 3 aliphatic rings. The fourth-order valence-electron chi connectivity index (χ4n) is 4.78. The minimum Gasteiger partial charge on any atom is -0.374 e. The number of amides is 1. The highest BCUT2D eigenvalue weighted by molar-refractivity contribution is 6.08. The van der Waals surface area contributed by atoms with Crippen molar-refractivity contribution in [1.82, 2.24) is 0 Å². The monoisotopic (exact) mass is 340 g/mol. The van der Waals surface area contributed by atoms with E-state index in [0.717, 1.165) is 12.8 Å². The van der Waals surface area contributed by atoms with Gasteiger partial charge in [0.15, 0.2) is 0 Å². The predicted octanol–water partition coefficient (Wildman–Crippen LogP) is 2.21. The summed E-state index contributed by atoms with van der Waals surface area (Å²) in [6.07, 6.45) is 0.553. The average molecular weight is 340 g/mol. The van der Waals surface area contributed by atoms with Gasteiger partial charge in [-0.1, -0.05) is 18.2 Å². The Bertz CT molecular complexity index is 913. The van der Waals surface area contributed by atoms with Crippen molar-refractivity contribution in [3.63, 3.8) is 0 Å². The Labute approximate surface area is 142 Å². The number of nitro benzene ring substituents is 1. The number of anilines is 1. The van der Waals surface area contributed by atoms with Crippen molar-refractivity contribution in [2.45, 2.75) is 31.3 Å². The van der Waals surface area contributed by atoms with Crippen LogP contribution < -0.4 is 4.90 Å². The van der Waals surface area contributed by atoms with E-state index in [-0.39, 0.29) is 35.6 Å². The lowest BCUT2D eigenvalue weighted by Gasteiger charge is -2.26. The third-order valence-corrected chi connectivity index (χ3v) is 5.80. The van der Waals surface area contributed by atoms with Crippen LogP contribution in [0, 0.1) is 22.0 Å². The van der Waals surface area contributed by atoms with Crippen LogP contribution in [0.5, 0.6) is 0 Å². The zero-order chi connectivity index (χ0) is 17.3. The van der Waals surface area contributed by atoms with E-state index in [9.17, 15) is 20.0 Å². The second-order valence-electron chi connectivity index (χ2n) is 6.92. The maximum absolute atomic E-state index is 13.0. The Kier molecular flexibility index (Phi) is 2.96. The van der Waals surface area contributed by atoms with Gasteiger partial charge >= 0.3 is 0 Å². The average Bonchev–Trinajstić information content (AvgIpc) is 3.28. The van der Waals surface area contributed by atoms with E-state index in [4.69, 9.17) is 4.74 Å². The second-order valence-corrected chi connectivity index (χ2v) is 6.92. The number of fused-ring (bicyclic) bond motifs is 6. The SMILES string of the molecule is O=C1[C@H]2C3CCC(O3)[C@H]2C(O)N1c1ccc([N+](=O)[O-])c2ccccc12. The summed E-state index contributed by atoms with van der Waals surface area (Å²) in [5.41, 5.74) is 0.511. The van der Waals surface area contributed by atoms with Gasteiger partial charge in [0, 0.05) is 17.4 Å². The van der Waals surface area contributed by atoms with Crippen LogP contribution in [0.4, 0.5) is 11.4 Å². The molecule has 0 radical (unpaired) electrons. The Morgan fingerprint density at radius 2 is 1.84 bits per heavy atom. The lowest BCUT2D eigenvalue weighted by atomic mass is 9.81. The summed E-state index contributed by atoms with van der Waals surface area (Å²) in [7, 11) is 0. The molecule has 0 aliphatic carbocycles.